The highest BCUT2D eigenvalue weighted by Gasteiger charge is 2.33. The van der Waals surface area contributed by atoms with Gasteiger partial charge in [-0.05, 0) is 41.3 Å². The average molecular weight is 378 g/mol. The Morgan fingerprint density at radius 2 is 1.85 bits per heavy atom. The molecule has 1 aliphatic rings. The van der Waals surface area contributed by atoms with E-state index in [-0.39, 0.29) is 17.5 Å². The van der Waals surface area contributed by atoms with Crippen LogP contribution < -0.4 is 10.2 Å². The van der Waals surface area contributed by atoms with Gasteiger partial charge >= 0.3 is 5.97 Å². The molecule has 5 nitrogen and oxygen atoms in total. The number of para-hydroxylation sites is 2. The molecule has 2 heterocycles. The summed E-state index contributed by atoms with van der Waals surface area (Å²) in [5.41, 5.74) is 2.99. The fourth-order valence-corrected chi connectivity index (χ4v) is 4.07. The largest absolute Gasteiger partial charge is 0.478 e. The Bertz CT molecular complexity index is 967. The van der Waals surface area contributed by atoms with Crippen molar-refractivity contribution in [2.45, 2.75) is 19.0 Å². The molecule has 4 rings (SSSR count). The number of thiophene rings is 1. The number of nitrogens with one attached hydrogen (secondary N) is 1. The van der Waals surface area contributed by atoms with Crippen molar-refractivity contribution in [1.29, 1.82) is 0 Å². The fraction of sp³-hybridized carbons (Fsp3) is 0.143. The van der Waals surface area contributed by atoms with E-state index in [2.05, 4.69) is 10.2 Å². The minimum Gasteiger partial charge on any atom is -0.478 e. The second-order valence-corrected chi connectivity index (χ2v) is 7.47. The molecule has 0 bridgehead atoms. The summed E-state index contributed by atoms with van der Waals surface area (Å²) in [7, 11) is 0. The molecule has 6 heteroatoms. The van der Waals surface area contributed by atoms with E-state index in [0.29, 0.717) is 13.0 Å². The van der Waals surface area contributed by atoms with Crippen LogP contribution in [0.25, 0.3) is 0 Å². The Hall–Kier alpha value is -3.12. The lowest BCUT2D eigenvalue weighted by atomic mass is 10.0. The van der Waals surface area contributed by atoms with Gasteiger partial charge in [-0.25, -0.2) is 4.79 Å². The molecule has 136 valence electrons. The first-order valence-electron chi connectivity index (χ1n) is 8.63. The fourth-order valence-electron chi connectivity index (χ4n) is 3.32. The van der Waals surface area contributed by atoms with Gasteiger partial charge in [-0.1, -0.05) is 30.3 Å². The van der Waals surface area contributed by atoms with E-state index < -0.39 is 5.97 Å². The summed E-state index contributed by atoms with van der Waals surface area (Å²) in [6.45, 7) is 0.528. The molecule has 0 spiro atoms. The molecule has 27 heavy (non-hydrogen) atoms. The Balaban J connectivity index is 1.67. The average Bonchev–Trinajstić information content (AvgIpc) is 3.18. The van der Waals surface area contributed by atoms with Crippen LogP contribution in [0.15, 0.2) is 66.0 Å². The number of carboxylic acids is 1. The number of aromatic carboxylic acids is 1. The van der Waals surface area contributed by atoms with E-state index in [9.17, 15) is 9.59 Å². The molecule has 0 saturated carbocycles. The molecule has 0 aliphatic carbocycles. The van der Waals surface area contributed by atoms with Crippen LogP contribution in [0.4, 0.5) is 11.4 Å². The molecule has 2 aromatic carbocycles. The molecule has 3 aromatic rings. The molecule has 1 aliphatic heterocycles. The maximum Gasteiger partial charge on any atom is 0.335 e. The number of hydrogen-bond donors (Lipinski definition) is 2. The van der Waals surface area contributed by atoms with Gasteiger partial charge in [0.1, 0.15) is 6.04 Å². The van der Waals surface area contributed by atoms with Crippen LogP contribution in [-0.4, -0.2) is 23.0 Å². The number of rotatable bonds is 5. The molecule has 0 unspecified atom stereocenters. The Morgan fingerprint density at radius 3 is 2.56 bits per heavy atom. The van der Waals surface area contributed by atoms with Crippen molar-refractivity contribution in [2.75, 3.05) is 10.2 Å². The van der Waals surface area contributed by atoms with Crippen molar-refractivity contribution in [2.24, 2.45) is 0 Å². The first-order chi connectivity index (χ1) is 13.1. The third-order valence-corrected chi connectivity index (χ3v) is 5.58. The zero-order chi connectivity index (χ0) is 18.8. The number of nitrogens with zero attached hydrogens (tertiary/aromatic N) is 1. The Morgan fingerprint density at radius 1 is 1.07 bits per heavy atom. The van der Waals surface area contributed by atoms with E-state index >= 15 is 0 Å². The zero-order valence-corrected chi connectivity index (χ0v) is 15.3. The molecule has 0 fully saturated rings. The highest BCUT2D eigenvalue weighted by atomic mass is 32.1. The van der Waals surface area contributed by atoms with E-state index in [1.54, 1.807) is 35.6 Å². The van der Waals surface area contributed by atoms with Gasteiger partial charge in [0.15, 0.2) is 0 Å². The number of hydrogen-bond acceptors (Lipinski definition) is 4. The SMILES string of the molecule is O=C(O)c1ccc(CN2c3ccccc3NC(=O)[C@@H]2Cc2cccs2)cc1. The van der Waals surface area contributed by atoms with Crippen LogP contribution in [0.1, 0.15) is 20.8 Å². The van der Waals surface area contributed by atoms with Crippen molar-refractivity contribution in [3.63, 3.8) is 0 Å². The van der Waals surface area contributed by atoms with Gasteiger partial charge in [-0.3, -0.25) is 4.79 Å². The van der Waals surface area contributed by atoms with Gasteiger partial charge in [-0.15, -0.1) is 11.3 Å². The highest BCUT2D eigenvalue weighted by molar-refractivity contribution is 7.09. The van der Waals surface area contributed by atoms with Crippen molar-refractivity contribution < 1.29 is 14.7 Å². The topological polar surface area (TPSA) is 69.6 Å². The number of fused-ring (bicyclic) bond motifs is 1. The zero-order valence-electron chi connectivity index (χ0n) is 14.5. The predicted octanol–water partition coefficient (Wildman–Crippen LogP) is 4.02. The summed E-state index contributed by atoms with van der Waals surface area (Å²) < 4.78 is 0. The molecule has 1 amide bonds. The third-order valence-electron chi connectivity index (χ3n) is 4.68. The van der Waals surface area contributed by atoms with Gasteiger partial charge in [-0.2, -0.15) is 0 Å². The number of carbonyl (C=O) groups excluding carboxylic acids is 1. The standard InChI is InChI=1S/C21H18N2O3S/c24-20-19(12-16-4-3-11-27-16)23(18-6-2-1-5-17(18)22-20)13-14-7-9-15(10-8-14)21(25)26/h1-11,19H,12-13H2,(H,22,24)(H,25,26)/t19-/m0/s1. The van der Waals surface area contributed by atoms with Crippen LogP contribution >= 0.6 is 11.3 Å². The normalized spacial score (nSPS) is 15.9. The third kappa shape index (κ3) is 3.57. The Kier molecular flexibility index (Phi) is 4.64. The lowest BCUT2D eigenvalue weighted by Crippen LogP contribution is -2.48. The first-order valence-corrected chi connectivity index (χ1v) is 9.51. The van der Waals surface area contributed by atoms with Gasteiger partial charge in [0, 0.05) is 17.8 Å². The lowest BCUT2D eigenvalue weighted by Gasteiger charge is -2.38. The second-order valence-electron chi connectivity index (χ2n) is 6.44. The quantitative estimate of drug-likeness (QED) is 0.704. The number of anilines is 2. The summed E-state index contributed by atoms with van der Waals surface area (Å²) in [5, 5.41) is 14.1. The van der Waals surface area contributed by atoms with Gasteiger partial charge in [0.25, 0.3) is 0 Å². The second kappa shape index (κ2) is 7.25. The predicted molar refractivity (Wildman–Crippen MR) is 106 cm³/mol. The highest BCUT2D eigenvalue weighted by Crippen LogP contribution is 2.34. The van der Waals surface area contributed by atoms with E-state index in [4.69, 9.17) is 5.11 Å². The minimum atomic E-state index is -0.945. The molecule has 0 radical (unpaired) electrons. The van der Waals surface area contributed by atoms with Gasteiger partial charge < -0.3 is 15.3 Å². The molecule has 0 saturated heterocycles. The van der Waals surface area contributed by atoms with Crippen LogP contribution in [0.3, 0.4) is 0 Å². The summed E-state index contributed by atoms with van der Waals surface area (Å²) in [6.07, 6.45) is 0.630. The van der Waals surface area contributed by atoms with E-state index in [1.165, 1.54) is 0 Å². The maximum absolute atomic E-state index is 12.8. The smallest absolute Gasteiger partial charge is 0.335 e. The summed E-state index contributed by atoms with van der Waals surface area (Å²) in [4.78, 5) is 27.1. The van der Waals surface area contributed by atoms with E-state index in [1.807, 2.05) is 41.8 Å². The number of amides is 1. The van der Waals surface area contributed by atoms with Crippen molar-refractivity contribution in [3.05, 3.63) is 82.0 Å². The molecular formula is C21H18N2O3S. The molecule has 2 N–H and O–H groups in total. The summed E-state index contributed by atoms with van der Waals surface area (Å²) in [5.74, 6) is -0.968. The van der Waals surface area contributed by atoms with Crippen LogP contribution in [-0.2, 0) is 17.8 Å². The summed E-state index contributed by atoms with van der Waals surface area (Å²) >= 11 is 1.64. The number of benzene rings is 2. The maximum atomic E-state index is 12.8. The number of carbonyl (C=O) groups is 2. The van der Waals surface area contributed by atoms with Crippen molar-refractivity contribution in [3.8, 4) is 0 Å². The molecule has 1 aromatic heterocycles. The number of carboxylic acid groups (broad SMARTS) is 1. The van der Waals surface area contributed by atoms with Crippen molar-refractivity contribution in [1.82, 2.24) is 0 Å². The van der Waals surface area contributed by atoms with Gasteiger partial charge in [0.2, 0.25) is 5.91 Å². The van der Waals surface area contributed by atoms with Crippen LogP contribution in [0, 0.1) is 0 Å². The van der Waals surface area contributed by atoms with E-state index in [0.717, 1.165) is 21.8 Å². The molecular weight excluding hydrogens is 360 g/mol. The van der Waals surface area contributed by atoms with Crippen LogP contribution in [0.2, 0.25) is 0 Å². The minimum absolute atomic E-state index is 0.0238. The van der Waals surface area contributed by atoms with Gasteiger partial charge in [0.05, 0.1) is 16.9 Å². The van der Waals surface area contributed by atoms with Crippen LogP contribution in [0.5, 0.6) is 0 Å². The lowest BCUT2D eigenvalue weighted by molar-refractivity contribution is -0.117. The monoisotopic (exact) mass is 378 g/mol. The summed E-state index contributed by atoms with van der Waals surface area (Å²) in [6, 6.07) is 18.3. The van der Waals surface area contributed by atoms with Crippen molar-refractivity contribution >= 4 is 34.6 Å². The Labute approximate surface area is 160 Å². The first kappa shape index (κ1) is 17.3. The molecule has 1 atom stereocenters.